The second kappa shape index (κ2) is 6.12. The number of fused-ring (bicyclic) bond motifs is 1. The van der Waals surface area contributed by atoms with Gasteiger partial charge in [0.25, 0.3) is 11.8 Å². The van der Waals surface area contributed by atoms with Crippen molar-refractivity contribution in [3.8, 4) is 11.5 Å². The lowest BCUT2D eigenvalue weighted by molar-refractivity contribution is -0.149. The Balaban J connectivity index is 1.59. The first-order valence-electron chi connectivity index (χ1n) is 8.71. The van der Waals surface area contributed by atoms with Gasteiger partial charge >= 0.3 is 5.97 Å². The van der Waals surface area contributed by atoms with Crippen molar-refractivity contribution in [1.82, 2.24) is 15.0 Å². The summed E-state index contributed by atoms with van der Waals surface area (Å²) in [5, 5.41) is 13.9. The van der Waals surface area contributed by atoms with E-state index < -0.39 is 17.3 Å². The predicted molar refractivity (Wildman–Crippen MR) is 92.4 cm³/mol. The highest BCUT2D eigenvalue weighted by Gasteiger charge is 2.62. The average molecular weight is 356 g/mol. The number of aromatic nitrogens is 2. The number of rotatable bonds is 5. The first-order chi connectivity index (χ1) is 12.5. The Morgan fingerprint density at radius 1 is 1.35 bits per heavy atom. The molecule has 0 aliphatic carbocycles. The fraction of sp³-hybridized carbons (Fsp3) is 0.444. The van der Waals surface area contributed by atoms with Crippen LogP contribution < -0.4 is 4.90 Å². The van der Waals surface area contributed by atoms with Crippen molar-refractivity contribution in [3.05, 3.63) is 30.3 Å². The predicted octanol–water partition coefficient (Wildman–Crippen LogP) is 1.50. The van der Waals surface area contributed by atoms with E-state index in [2.05, 4.69) is 10.1 Å². The Morgan fingerprint density at radius 2 is 2.12 bits per heavy atom. The first-order valence-corrected chi connectivity index (χ1v) is 8.71. The van der Waals surface area contributed by atoms with Gasteiger partial charge in [-0.05, 0) is 23.7 Å². The second-order valence-corrected chi connectivity index (χ2v) is 6.92. The lowest BCUT2D eigenvalue weighted by atomic mass is 9.81. The number of carbonyl (C=O) groups is 2. The van der Waals surface area contributed by atoms with E-state index in [-0.39, 0.29) is 19.0 Å². The zero-order chi connectivity index (χ0) is 18.3. The number of nitrogens with zero attached hydrogens (tertiary/aromatic N) is 4. The summed E-state index contributed by atoms with van der Waals surface area (Å²) < 4.78 is 5.32. The van der Waals surface area contributed by atoms with E-state index in [1.54, 1.807) is 9.80 Å². The van der Waals surface area contributed by atoms with Crippen LogP contribution in [0.3, 0.4) is 0 Å². The molecule has 2 atom stereocenters. The largest absolute Gasteiger partial charge is 0.481 e. The van der Waals surface area contributed by atoms with E-state index in [9.17, 15) is 14.7 Å². The van der Waals surface area contributed by atoms with Crippen molar-refractivity contribution in [3.63, 3.8) is 0 Å². The Labute approximate surface area is 150 Å². The summed E-state index contributed by atoms with van der Waals surface area (Å²) in [6, 6.07) is 9.37. The third kappa shape index (κ3) is 2.44. The normalized spacial score (nSPS) is 25.0. The summed E-state index contributed by atoms with van der Waals surface area (Å²) in [5.41, 5.74) is -0.316. The van der Waals surface area contributed by atoms with E-state index in [1.165, 1.54) is 0 Å². The number of aliphatic carboxylic acids is 1. The van der Waals surface area contributed by atoms with Crippen LogP contribution in [0.25, 0.3) is 11.5 Å². The summed E-state index contributed by atoms with van der Waals surface area (Å²) in [7, 11) is 0. The fourth-order valence-corrected chi connectivity index (χ4v) is 3.96. The highest BCUT2D eigenvalue weighted by molar-refractivity contribution is 5.93. The Bertz CT molecular complexity index is 837. The minimum atomic E-state index is -1.11. The molecule has 3 heterocycles. The van der Waals surface area contributed by atoms with Gasteiger partial charge in [0.05, 0.1) is 5.92 Å². The molecule has 1 amide bonds. The number of carboxylic acids is 1. The van der Waals surface area contributed by atoms with Crippen LogP contribution in [0.5, 0.6) is 0 Å². The molecule has 0 bridgehead atoms. The van der Waals surface area contributed by atoms with Gasteiger partial charge in [-0.25, -0.2) is 0 Å². The van der Waals surface area contributed by atoms with Gasteiger partial charge in [-0.1, -0.05) is 25.1 Å². The van der Waals surface area contributed by atoms with Gasteiger partial charge in [0.1, 0.15) is 5.41 Å². The van der Waals surface area contributed by atoms with Crippen LogP contribution in [-0.2, 0) is 9.59 Å². The number of benzene rings is 1. The van der Waals surface area contributed by atoms with Crippen LogP contribution in [0.4, 0.5) is 5.95 Å². The van der Waals surface area contributed by atoms with Crippen LogP contribution in [0, 0.1) is 11.3 Å². The Kier molecular flexibility index (Phi) is 3.90. The van der Waals surface area contributed by atoms with Gasteiger partial charge in [0, 0.05) is 31.7 Å². The van der Waals surface area contributed by atoms with E-state index in [0.29, 0.717) is 24.9 Å². The number of hydrogen-bond acceptors (Lipinski definition) is 6. The van der Waals surface area contributed by atoms with Crippen LogP contribution >= 0.6 is 0 Å². The number of likely N-dealkylation sites (tertiary alicyclic amines) is 1. The molecular formula is C18H20N4O4. The molecule has 2 aliphatic heterocycles. The minimum Gasteiger partial charge on any atom is -0.481 e. The molecule has 1 aromatic heterocycles. The van der Waals surface area contributed by atoms with Crippen molar-refractivity contribution >= 4 is 17.8 Å². The van der Waals surface area contributed by atoms with Crippen molar-refractivity contribution in [2.24, 2.45) is 11.3 Å². The molecule has 136 valence electrons. The van der Waals surface area contributed by atoms with Gasteiger partial charge in [0.2, 0.25) is 5.91 Å². The Hall–Kier alpha value is -2.90. The third-order valence-electron chi connectivity index (χ3n) is 5.26. The summed E-state index contributed by atoms with van der Waals surface area (Å²) >= 11 is 0. The summed E-state index contributed by atoms with van der Waals surface area (Å²) in [6.45, 7) is 3.29. The average Bonchev–Trinajstić information content (AvgIpc) is 3.32. The molecule has 1 N–H and O–H groups in total. The number of amides is 1. The molecule has 1 unspecified atom stereocenters. The fourth-order valence-electron chi connectivity index (χ4n) is 3.96. The molecule has 2 saturated heterocycles. The lowest BCUT2D eigenvalue weighted by Gasteiger charge is -2.24. The highest BCUT2D eigenvalue weighted by Crippen LogP contribution is 2.44. The van der Waals surface area contributed by atoms with E-state index >= 15 is 0 Å². The highest BCUT2D eigenvalue weighted by atomic mass is 16.5. The molecule has 2 fully saturated rings. The quantitative estimate of drug-likeness (QED) is 0.866. The molecule has 8 nitrogen and oxygen atoms in total. The molecule has 2 aliphatic rings. The molecule has 1 aromatic carbocycles. The lowest BCUT2D eigenvalue weighted by Crippen LogP contribution is -2.41. The molecule has 26 heavy (non-hydrogen) atoms. The summed E-state index contributed by atoms with van der Waals surface area (Å²) in [4.78, 5) is 32.5. The van der Waals surface area contributed by atoms with Crippen molar-refractivity contribution in [2.45, 2.75) is 13.3 Å². The minimum absolute atomic E-state index is 0.0940. The van der Waals surface area contributed by atoms with Gasteiger partial charge in [0.15, 0.2) is 0 Å². The van der Waals surface area contributed by atoms with E-state index in [4.69, 9.17) is 4.52 Å². The maximum Gasteiger partial charge on any atom is 0.314 e. The van der Waals surface area contributed by atoms with Crippen molar-refractivity contribution in [1.29, 1.82) is 0 Å². The van der Waals surface area contributed by atoms with Gasteiger partial charge in [-0.3, -0.25) is 9.59 Å². The Morgan fingerprint density at radius 3 is 2.77 bits per heavy atom. The molecule has 0 spiro atoms. The van der Waals surface area contributed by atoms with Crippen molar-refractivity contribution < 1.29 is 19.2 Å². The van der Waals surface area contributed by atoms with Crippen molar-refractivity contribution in [2.75, 3.05) is 31.1 Å². The monoisotopic (exact) mass is 356 g/mol. The first kappa shape index (κ1) is 16.6. The molecule has 8 heteroatoms. The number of carbonyl (C=O) groups excluding carboxylic acids is 1. The maximum absolute atomic E-state index is 12.7. The van der Waals surface area contributed by atoms with Gasteiger partial charge < -0.3 is 19.4 Å². The van der Waals surface area contributed by atoms with Gasteiger partial charge in [-0.15, -0.1) is 0 Å². The van der Waals surface area contributed by atoms with E-state index in [1.807, 2.05) is 37.3 Å². The SMILES string of the molecule is CCCN1C[C@@]2(C(=O)O)CN(c3noc(-c4ccccc4)n3)CC2C1=O. The topological polar surface area (TPSA) is 99.8 Å². The molecule has 0 saturated carbocycles. The standard InChI is InChI=1S/C18H20N4O4/c1-2-8-21-10-18(16(24)25)11-22(9-13(18)15(21)23)17-19-14(26-20-17)12-6-4-3-5-7-12/h3-7,13H,2,8-11H2,1H3,(H,24,25)/t13?,18-/m1/s1. The van der Waals surface area contributed by atoms with Crippen LogP contribution in [-0.4, -0.2) is 58.2 Å². The molecule has 4 rings (SSSR count). The molecular weight excluding hydrogens is 336 g/mol. The molecule has 2 aromatic rings. The zero-order valence-corrected chi connectivity index (χ0v) is 14.5. The molecule has 0 radical (unpaired) electrons. The smallest absolute Gasteiger partial charge is 0.314 e. The second-order valence-electron chi connectivity index (χ2n) is 6.92. The third-order valence-corrected chi connectivity index (χ3v) is 5.26. The number of hydrogen-bond donors (Lipinski definition) is 1. The summed E-state index contributed by atoms with van der Waals surface area (Å²) in [5.74, 6) is -0.910. The number of anilines is 1. The maximum atomic E-state index is 12.7. The van der Waals surface area contributed by atoms with E-state index in [0.717, 1.165) is 12.0 Å². The van der Waals surface area contributed by atoms with Gasteiger partial charge in [-0.2, -0.15) is 4.98 Å². The van der Waals surface area contributed by atoms with Crippen LogP contribution in [0.2, 0.25) is 0 Å². The summed E-state index contributed by atoms with van der Waals surface area (Å²) in [6.07, 6.45) is 0.809. The number of carboxylic acid groups (broad SMARTS) is 1. The zero-order valence-electron chi connectivity index (χ0n) is 14.5. The van der Waals surface area contributed by atoms with Crippen LogP contribution in [0.1, 0.15) is 13.3 Å². The van der Waals surface area contributed by atoms with Crippen LogP contribution in [0.15, 0.2) is 34.9 Å².